The van der Waals surface area contributed by atoms with Crippen LogP contribution in [0.1, 0.15) is 17.9 Å². The molecular weight excluding hydrogens is 310 g/mol. The fourth-order valence-electron chi connectivity index (χ4n) is 2.49. The normalized spacial score (nSPS) is 11.3. The Labute approximate surface area is 136 Å². The highest BCUT2D eigenvalue weighted by molar-refractivity contribution is 7.15. The van der Waals surface area contributed by atoms with Crippen LogP contribution in [-0.2, 0) is 17.8 Å². The molecule has 0 bridgehead atoms. The van der Waals surface area contributed by atoms with Gasteiger partial charge in [0.05, 0.1) is 23.3 Å². The van der Waals surface area contributed by atoms with Gasteiger partial charge in [-0.1, -0.05) is 12.1 Å². The number of benzene rings is 1. The van der Waals surface area contributed by atoms with Crippen molar-refractivity contribution in [3.8, 4) is 0 Å². The Bertz CT molecular complexity index is 906. The van der Waals surface area contributed by atoms with Crippen molar-refractivity contribution < 1.29 is 4.79 Å². The standard InChI is InChI=1S/C16H15N5OS/c22-15(17-9-11-10-21-7-8-23-16(21)18-11)6-5-14-19-12-3-1-2-4-13(12)20-14/h1-4,7-8,10H,5-6,9H2,(H,17,22)(H,19,20). The molecule has 0 spiro atoms. The van der Waals surface area contributed by atoms with Crippen LogP contribution in [0.15, 0.2) is 42.0 Å². The monoisotopic (exact) mass is 325 g/mol. The number of carbonyl (C=O) groups excluding carboxylic acids is 1. The quantitative estimate of drug-likeness (QED) is 0.592. The number of para-hydroxylation sites is 2. The predicted octanol–water partition coefficient (Wildman–Crippen LogP) is 2.52. The molecule has 1 amide bonds. The van der Waals surface area contributed by atoms with Gasteiger partial charge in [0.2, 0.25) is 5.91 Å². The van der Waals surface area contributed by atoms with E-state index < -0.39 is 0 Å². The molecule has 3 heterocycles. The number of fused-ring (bicyclic) bond motifs is 2. The first-order valence-corrected chi connectivity index (χ1v) is 8.27. The van der Waals surface area contributed by atoms with E-state index in [1.165, 1.54) is 0 Å². The van der Waals surface area contributed by atoms with E-state index in [-0.39, 0.29) is 5.91 Å². The van der Waals surface area contributed by atoms with Crippen LogP contribution in [-0.4, -0.2) is 25.3 Å². The molecule has 4 aromatic rings. The number of amides is 1. The van der Waals surface area contributed by atoms with Gasteiger partial charge in [0.15, 0.2) is 4.96 Å². The highest BCUT2D eigenvalue weighted by atomic mass is 32.1. The molecule has 0 unspecified atom stereocenters. The van der Waals surface area contributed by atoms with Gasteiger partial charge in [-0.3, -0.25) is 9.20 Å². The van der Waals surface area contributed by atoms with Gasteiger partial charge in [0.1, 0.15) is 5.82 Å². The number of nitrogens with one attached hydrogen (secondary N) is 2. The maximum absolute atomic E-state index is 12.0. The van der Waals surface area contributed by atoms with Crippen LogP contribution >= 0.6 is 11.3 Å². The number of nitrogens with zero attached hydrogens (tertiary/aromatic N) is 3. The number of rotatable bonds is 5. The zero-order chi connectivity index (χ0) is 15.6. The molecule has 6 nitrogen and oxygen atoms in total. The molecule has 0 saturated heterocycles. The fraction of sp³-hybridized carbons (Fsp3) is 0.188. The second-order valence-electron chi connectivity index (χ2n) is 5.30. The summed E-state index contributed by atoms with van der Waals surface area (Å²) in [5, 5.41) is 4.89. The summed E-state index contributed by atoms with van der Waals surface area (Å²) >= 11 is 1.58. The van der Waals surface area contributed by atoms with Gasteiger partial charge in [-0.15, -0.1) is 11.3 Å². The Morgan fingerprint density at radius 1 is 1.30 bits per heavy atom. The minimum absolute atomic E-state index is 0.00168. The molecule has 0 radical (unpaired) electrons. The highest BCUT2D eigenvalue weighted by Gasteiger charge is 2.08. The van der Waals surface area contributed by atoms with Crippen molar-refractivity contribution in [3.63, 3.8) is 0 Å². The van der Waals surface area contributed by atoms with Crippen LogP contribution in [0.5, 0.6) is 0 Å². The lowest BCUT2D eigenvalue weighted by Gasteiger charge is -2.01. The van der Waals surface area contributed by atoms with Gasteiger partial charge in [0, 0.05) is 30.6 Å². The van der Waals surface area contributed by atoms with Crippen LogP contribution in [0.4, 0.5) is 0 Å². The first-order chi connectivity index (χ1) is 11.3. The highest BCUT2D eigenvalue weighted by Crippen LogP contribution is 2.12. The van der Waals surface area contributed by atoms with E-state index >= 15 is 0 Å². The zero-order valence-corrected chi connectivity index (χ0v) is 13.1. The molecule has 7 heteroatoms. The lowest BCUT2D eigenvalue weighted by atomic mass is 10.3. The van der Waals surface area contributed by atoms with E-state index in [9.17, 15) is 4.79 Å². The predicted molar refractivity (Wildman–Crippen MR) is 89.3 cm³/mol. The number of hydrogen-bond donors (Lipinski definition) is 2. The smallest absolute Gasteiger partial charge is 0.220 e. The second-order valence-corrected chi connectivity index (χ2v) is 6.18. The largest absolute Gasteiger partial charge is 0.350 e. The minimum Gasteiger partial charge on any atom is -0.350 e. The van der Waals surface area contributed by atoms with Gasteiger partial charge >= 0.3 is 0 Å². The van der Waals surface area contributed by atoms with E-state index in [2.05, 4.69) is 20.3 Å². The molecule has 0 atom stereocenters. The Balaban J connectivity index is 1.32. The SMILES string of the molecule is O=C(CCc1nc2ccccc2[nH]1)NCc1cn2ccsc2n1. The van der Waals surface area contributed by atoms with Crippen LogP contribution < -0.4 is 5.32 Å². The number of aromatic amines is 1. The first kappa shape index (κ1) is 14.0. The molecule has 0 aliphatic carbocycles. The fourth-order valence-corrected chi connectivity index (χ4v) is 3.21. The third-order valence-electron chi connectivity index (χ3n) is 3.64. The third-order valence-corrected chi connectivity index (χ3v) is 4.41. The molecule has 23 heavy (non-hydrogen) atoms. The summed E-state index contributed by atoms with van der Waals surface area (Å²) in [5.74, 6) is 0.839. The summed E-state index contributed by atoms with van der Waals surface area (Å²) in [6.45, 7) is 0.452. The van der Waals surface area contributed by atoms with Gasteiger partial charge in [-0.25, -0.2) is 9.97 Å². The van der Waals surface area contributed by atoms with Crippen molar-refractivity contribution in [1.29, 1.82) is 0 Å². The van der Waals surface area contributed by atoms with E-state index in [0.29, 0.717) is 19.4 Å². The number of carbonyl (C=O) groups is 1. The molecule has 1 aromatic carbocycles. The van der Waals surface area contributed by atoms with Crippen LogP contribution in [0.3, 0.4) is 0 Å². The van der Waals surface area contributed by atoms with Gasteiger partial charge < -0.3 is 10.3 Å². The Kier molecular flexibility index (Phi) is 3.55. The number of hydrogen-bond acceptors (Lipinski definition) is 4. The van der Waals surface area contributed by atoms with Gasteiger partial charge in [-0.2, -0.15) is 0 Å². The summed E-state index contributed by atoms with van der Waals surface area (Å²) in [6.07, 6.45) is 4.89. The summed E-state index contributed by atoms with van der Waals surface area (Å²) in [5.41, 5.74) is 2.80. The maximum Gasteiger partial charge on any atom is 0.220 e. The van der Waals surface area contributed by atoms with Crippen LogP contribution in [0, 0.1) is 0 Å². The molecule has 0 aliphatic rings. The molecule has 3 aromatic heterocycles. The van der Waals surface area contributed by atoms with Gasteiger partial charge in [0.25, 0.3) is 0 Å². The topological polar surface area (TPSA) is 75.1 Å². The number of thiazole rings is 1. The Hall–Kier alpha value is -2.67. The summed E-state index contributed by atoms with van der Waals surface area (Å²) in [6, 6.07) is 7.86. The van der Waals surface area contributed by atoms with Gasteiger partial charge in [-0.05, 0) is 12.1 Å². The average Bonchev–Trinajstić information content (AvgIpc) is 3.24. The first-order valence-electron chi connectivity index (χ1n) is 7.39. The minimum atomic E-state index is 0.00168. The van der Waals surface area contributed by atoms with Crippen molar-refractivity contribution >= 4 is 33.2 Å². The third kappa shape index (κ3) is 2.95. The number of imidazole rings is 2. The zero-order valence-electron chi connectivity index (χ0n) is 12.3. The number of aryl methyl sites for hydroxylation is 1. The van der Waals surface area contributed by atoms with Crippen molar-refractivity contribution in [2.24, 2.45) is 0 Å². The van der Waals surface area contributed by atoms with Crippen molar-refractivity contribution in [2.75, 3.05) is 0 Å². The summed E-state index contributed by atoms with van der Waals surface area (Å²) < 4.78 is 1.96. The Morgan fingerprint density at radius 2 is 2.22 bits per heavy atom. The van der Waals surface area contributed by atoms with E-state index in [0.717, 1.165) is 27.5 Å². The maximum atomic E-state index is 12.0. The van der Waals surface area contributed by atoms with E-state index in [1.54, 1.807) is 11.3 Å². The van der Waals surface area contributed by atoms with Crippen LogP contribution in [0.2, 0.25) is 0 Å². The molecule has 0 saturated carbocycles. The lowest BCUT2D eigenvalue weighted by Crippen LogP contribution is -2.23. The molecular formula is C16H15N5OS. The van der Waals surface area contributed by atoms with E-state index in [1.807, 2.05) is 46.4 Å². The molecule has 116 valence electrons. The molecule has 4 rings (SSSR count). The molecule has 0 fully saturated rings. The number of aromatic nitrogens is 4. The number of H-pyrrole nitrogens is 1. The van der Waals surface area contributed by atoms with Crippen LogP contribution in [0.25, 0.3) is 16.0 Å². The van der Waals surface area contributed by atoms with E-state index in [4.69, 9.17) is 0 Å². The second kappa shape index (κ2) is 5.85. The summed E-state index contributed by atoms with van der Waals surface area (Å²) in [7, 11) is 0. The Morgan fingerprint density at radius 3 is 3.09 bits per heavy atom. The van der Waals surface area contributed by atoms with Crippen molar-refractivity contribution in [1.82, 2.24) is 24.7 Å². The van der Waals surface area contributed by atoms with Crippen molar-refractivity contribution in [2.45, 2.75) is 19.4 Å². The van der Waals surface area contributed by atoms with Crippen molar-refractivity contribution in [3.05, 3.63) is 53.6 Å². The molecule has 0 aliphatic heterocycles. The molecule has 2 N–H and O–H groups in total. The summed E-state index contributed by atoms with van der Waals surface area (Å²) in [4.78, 5) is 25.1. The average molecular weight is 325 g/mol. The lowest BCUT2D eigenvalue weighted by molar-refractivity contribution is -0.121.